The van der Waals surface area contributed by atoms with E-state index >= 15 is 0 Å². The molecule has 1 unspecified atom stereocenters. The number of allylic oxidation sites excluding steroid dienone is 2. The van der Waals surface area contributed by atoms with Gasteiger partial charge in [-0.25, -0.2) is 4.99 Å². The number of nitrogens with zero attached hydrogens (tertiary/aromatic N) is 1. The highest BCUT2D eigenvalue weighted by atomic mass is 15.1. The molecule has 0 heterocycles. The maximum atomic E-state index is 6.62. The molecule has 9 rings (SSSR count). The number of hydrogen-bond donors (Lipinski definition) is 2. The first kappa shape index (κ1) is 32.8. The van der Waals surface area contributed by atoms with Gasteiger partial charge in [-0.15, -0.1) is 0 Å². The van der Waals surface area contributed by atoms with Crippen LogP contribution in [0.15, 0.2) is 174 Å². The maximum Gasteiger partial charge on any atom is 0.128 e. The summed E-state index contributed by atoms with van der Waals surface area (Å²) in [6.45, 7) is 5.45. The van der Waals surface area contributed by atoms with Gasteiger partial charge < -0.3 is 5.73 Å². The highest BCUT2D eigenvalue weighted by Crippen LogP contribution is 2.55. The zero-order valence-electron chi connectivity index (χ0n) is 30.3. The van der Waals surface area contributed by atoms with E-state index in [1.54, 1.807) is 0 Å². The number of hydrogen-bond acceptors (Lipinski definition) is 2. The Hall–Kier alpha value is -6.03. The molecule has 258 valence electrons. The first-order valence-corrected chi connectivity index (χ1v) is 18.7. The quantitative estimate of drug-likeness (QED) is 0.0950. The molecule has 53 heavy (non-hydrogen) atoms. The Morgan fingerprint density at radius 1 is 0.660 bits per heavy atom. The number of aliphatic imine (C=N–C) groups is 1. The second-order valence-electron chi connectivity index (χ2n) is 14.9. The van der Waals surface area contributed by atoms with Crippen LogP contribution < -0.4 is 11.1 Å². The highest BCUT2D eigenvalue weighted by Gasteiger charge is 2.38. The molecule has 0 aliphatic heterocycles. The van der Waals surface area contributed by atoms with E-state index in [1.165, 1.54) is 66.1 Å². The van der Waals surface area contributed by atoms with Crippen LogP contribution in [0, 0.1) is 0 Å². The van der Waals surface area contributed by atoms with Gasteiger partial charge in [0.25, 0.3) is 0 Å². The van der Waals surface area contributed by atoms with Crippen molar-refractivity contribution in [1.29, 1.82) is 0 Å². The maximum absolute atomic E-state index is 6.62. The molecule has 7 aromatic carbocycles. The Bertz CT molecular complexity index is 2610. The Morgan fingerprint density at radius 2 is 1.30 bits per heavy atom. The number of nitrogens with two attached hydrogens (primary N) is 1. The minimum Gasteiger partial charge on any atom is -0.383 e. The third kappa shape index (κ3) is 5.97. The topological polar surface area (TPSA) is 50.4 Å². The molecule has 3 N–H and O–H groups in total. The summed E-state index contributed by atoms with van der Waals surface area (Å²) in [7, 11) is 0. The molecule has 1 atom stereocenters. The van der Waals surface area contributed by atoms with Crippen molar-refractivity contribution in [2.24, 2.45) is 10.7 Å². The van der Waals surface area contributed by atoms with E-state index < -0.39 is 0 Å². The van der Waals surface area contributed by atoms with Crippen LogP contribution in [-0.2, 0) is 12.0 Å². The van der Waals surface area contributed by atoms with E-state index in [9.17, 15) is 0 Å². The van der Waals surface area contributed by atoms with Crippen molar-refractivity contribution in [1.82, 2.24) is 5.32 Å². The van der Waals surface area contributed by atoms with E-state index in [2.05, 4.69) is 177 Å². The normalized spacial score (nSPS) is 15.3. The number of fused-ring (bicyclic) bond motifs is 8. The molecule has 7 aromatic rings. The van der Waals surface area contributed by atoms with Gasteiger partial charge in [0, 0.05) is 17.5 Å². The predicted molar refractivity (Wildman–Crippen MR) is 224 cm³/mol. The van der Waals surface area contributed by atoms with Gasteiger partial charge in [0.05, 0.1) is 0 Å². The molecule has 0 saturated heterocycles. The lowest BCUT2D eigenvalue weighted by Crippen LogP contribution is -2.24. The third-order valence-electron chi connectivity index (χ3n) is 11.2. The van der Waals surface area contributed by atoms with E-state index in [4.69, 9.17) is 10.7 Å². The summed E-state index contributed by atoms with van der Waals surface area (Å²) >= 11 is 0. The zero-order chi connectivity index (χ0) is 35.9. The molecule has 0 saturated carbocycles. The Balaban J connectivity index is 1.09. The molecule has 0 amide bonds. The van der Waals surface area contributed by atoms with Gasteiger partial charge >= 0.3 is 0 Å². The summed E-state index contributed by atoms with van der Waals surface area (Å²) in [5.41, 5.74) is 20.0. The Labute approximate surface area is 312 Å². The smallest absolute Gasteiger partial charge is 0.128 e. The number of benzene rings is 7. The molecule has 3 nitrogen and oxygen atoms in total. The zero-order valence-corrected chi connectivity index (χ0v) is 30.3. The summed E-state index contributed by atoms with van der Waals surface area (Å²) in [6.07, 6.45) is 8.15. The van der Waals surface area contributed by atoms with Crippen LogP contribution in [0.3, 0.4) is 0 Å². The van der Waals surface area contributed by atoms with Crippen LogP contribution in [0.1, 0.15) is 55.1 Å². The van der Waals surface area contributed by atoms with Crippen molar-refractivity contribution in [3.63, 3.8) is 0 Å². The molecule has 0 radical (unpaired) electrons. The van der Waals surface area contributed by atoms with E-state index in [0.29, 0.717) is 12.4 Å². The number of amidine groups is 1. The van der Waals surface area contributed by atoms with E-state index in [1.807, 2.05) is 6.07 Å². The number of rotatable bonds is 8. The van der Waals surface area contributed by atoms with Crippen LogP contribution >= 0.6 is 0 Å². The van der Waals surface area contributed by atoms with Gasteiger partial charge in [0.1, 0.15) is 12.0 Å². The SMILES string of the molecule is CC1(C)c2ccc(-c3cccc(-c4cccc(C(N=C(N)C5=CCCC=C5)NCc5ccccc5)c4)c3)cc2-c2c1c1ccccc1c1ccccc21. The molecule has 2 aliphatic rings. The molecule has 2 aliphatic carbocycles. The average molecular weight is 686 g/mol. The predicted octanol–water partition coefficient (Wildman–Crippen LogP) is 12.1. The average Bonchev–Trinajstić information content (AvgIpc) is 3.46. The van der Waals surface area contributed by atoms with Gasteiger partial charge in [-0.2, -0.15) is 0 Å². The van der Waals surface area contributed by atoms with Gasteiger partial charge in [-0.3, -0.25) is 5.32 Å². The molecule has 0 fully saturated rings. The second kappa shape index (κ2) is 13.5. The second-order valence-corrected chi connectivity index (χ2v) is 14.9. The first-order valence-electron chi connectivity index (χ1n) is 18.7. The Kier molecular flexibility index (Phi) is 8.37. The molecular formula is C50H43N3. The Morgan fingerprint density at radius 3 is 2.04 bits per heavy atom. The van der Waals surface area contributed by atoms with Crippen LogP contribution in [-0.4, -0.2) is 5.84 Å². The highest BCUT2D eigenvalue weighted by molar-refractivity contribution is 6.18. The first-order chi connectivity index (χ1) is 26.0. The van der Waals surface area contributed by atoms with Crippen LogP contribution in [0.25, 0.3) is 54.9 Å². The van der Waals surface area contributed by atoms with Gasteiger partial charge in [-0.05, 0) is 108 Å². The van der Waals surface area contributed by atoms with E-state index in [-0.39, 0.29) is 11.6 Å². The number of nitrogens with one attached hydrogen (secondary N) is 1. The van der Waals surface area contributed by atoms with Crippen molar-refractivity contribution in [3.8, 4) is 33.4 Å². The molecular weight excluding hydrogens is 643 g/mol. The summed E-state index contributed by atoms with van der Waals surface area (Å²) in [4.78, 5) is 5.05. The summed E-state index contributed by atoms with van der Waals surface area (Å²) in [5, 5.41) is 8.99. The van der Waals surface area contributed by atoms with E-state index in [0.717, 1.165) is 29.5 Å². The van der Waals surface area contributed by atoms with Crippen molar-refractivity contribution >= 4 is 27.4 Å². The van der Waals surface area contributed by atoms with Crippen LogP contribution in [0.2, 0.25) is 0 Å². The molecule has 0 bridgehead atoms. The van der Waals surface area contributed by atoms with Crippen molar-refractivity contribution in [3.05, 3.63) is 192 Å². The lowest BCUT2D eigenvalue weighted by Gasteiger charge is -2.24. The largest absolute Gasteiger partial charge is 0.383 e. The minimum absolute atomic E-state index is 0.115. The lowest BCUT2D eigenvalue weighted by atomic mass is 9.79. The van der Waals surface area contributed by atoms with Gasteiger partial charge in [0.2, 0.25) is 0 Å². The fourth-order valence-electron chi connectivity index (χ4n) is 8.51. The summed E-state index contributed by atoms with van der Waals surface area (Å²) in [6, 6.07) is 53.0. The van der Waals surface area contributed by atoms with Crippen molar-refractivity contribution < 1.29 is 0 Å². The lowest BCUT2D eigenvalue weighted by molar-refractivity contribution is 0.554. The molecule has 0 spiro atoms. The summed E-state index contributed by atoms with van der Waals surface area (Å²) in [5.74, 6) is 0.557. The molecule has 3 heteroatoms. The fourth-order valence-corrected chi connectivity index (χ4v) is 8.51. The standard InChI is InChI=1S/C50H43N3/c1-50(2)45-28-27-38(31-44(45)46-42-25-11-9-23-40(42)41-24-10-12-26-43(41)47(46)50)36-20-13-19-35(29-36)37-21-14-22-39(30-37)49(52-32-33-15-5-3-6-16-33)53-48(51)34-17-7-4-8-18-34/h3,5-7,9-31,49,52H,4,8,32H2,1-2H3,(H2,51,53). The van der Waals surface area contributed by atoms with Gasteiger partial charge in [-0.1, -0.05) is 159 Å². The van der Waals surface area contributed by atoms with Crippen LogP contribution in [0.4, 0.5) is 0 Å². The van der Waals surface area contributed by atoms with Crippen LogP contribution in [0.5, 0.6) is 0 Å². The van der Waals surface area contributed by atoms with Crippen molar-refractivity contribution in [2.75, 3.05) is 0 Å². The summed E-state index contributed by atoms with van der Waals surface area (Å²) < 4.78 is 0. The fraction of sp³-hybridized carbons (Fsp3) is 0.140. The third-order valence-corrected chi connectivity index (χ3v) is 11.2. The van der Waals surface area contributed by atoms with Gasteiger partial charge in [0.15, 0.2) is 0 Å². The minimum atomic E-state index is -0.305. The monoisotopic (exact) mass is 685 g/mol. The molecule has 0 aromatic heterocycles. The van der Waals surface area contributed by atoms with Crippen molar-refractivity contribution in [2.45, 2.75) is 44.8 Å².